The van der Waals surface area contributed by atoms with E-state index in [1.54, 1.807) is 16.8 Å². The van der Waals surface area contributed by atoms with E-state index >= 15 is 0 Å². The van der Waals surface area contributed by atoms with Crippen molar-refractivity contribution < 1.29 is 4.79 Å². The van der Waals surface area contributed by atoms with Crippen molar-refractivity contribution in [2.24, 2.45) is 0 Å². The highest BCUT2D eigenvalue weighted by Crippen LogP contribution is 2.25. The Morgan fingerprint density at radius 3 is 2.62 bits per heavy atom. The van der Waals surface area contributed by atoms with Gasteiger partial charge in [-0.1, -0.05) is 33.3 Å². The second-order valence-electron chi connectivity index (χ2n) is 6.54. The maximum Gasteiger partial charge on any atom is 0.257 e. The van der Waals surface area contributed by atoms with Gasteiger partial charge < -0.3 is 0 Å². The van der Waals surface area contributed by atoms with E-state index in [-0.39, 0.29) is 5.91 Å². The number of aryl methyl sites for hydroxylation is 1. The van der Waals surface area contributed by atoms with E-state index in [0.717, 1.165) is 32.9 Å². The van der Waals surface area contributed by atoms with Crippen molar-refractivity contribution in [3.63, 3.8) is 0 Å². The molecule has 2 aromatic carbocycles. The van der Waals surface area contributed by atoms with Crippen LogP contribution < -0.4 is 5.32 Å². The van der Waals surface area contributed by atoms with Gasteiger partial charge in [0.15, 0.2) is 11.5 Å². The molecule has 0 aliphatic heterocycles. The molecule has 0 saturated carbocycles. The average Bonchev–Trinajstić information content (AvgIpc) is 3.31. The average molecular weight is 469 g/mol. The molecule has 4 aromatic rings. The third kappa shape index (κ3) is 3.83. The minimum atomic E-state index is -0.240. The highest BCUT2D eigenvalue weighted by Gasteiger charge is 2.18. The van der Waals surface area contributed by atoms with Crippen LogP contribution in [-0.4, -0.2) is 30.3 Å². The van der Waals surface area contributed by atoms with Gasteiger partial charge >= 0.3 is 0 Å². The van der Waals surface area contributed by atoms with E-state index in [0.29, 0.717) is 22.2 Å². The largest absolute Gasteiger partial charge is 0.297 e. The van der Waals surface area contributed by atoms with Crippen molar-refractivity contribution in [2.45, 2.75) is 20.8 Å². The summed E-state index contributed by atoms with van der Waals surface area (Å²) in [5.41, 5.74) is 5.26. The lowest BCUT2D eigenvalue weighted by Crippen LogP contribution is -2.11. The van der Waals surface area contributed by atoms with Crippen molar-refractivity contribution in [3.8, 4) is 17.2 Å². The molecule has 146 valence electrons. The van der Waals surface area contributed by atoms with Crippen LogP contribution >= 0.6 is 27.5 Å². The third-order valence-corrected chi connectivity index (χ3v) is 5.82. The predicted molar refractivity (Wildman–Crippen MR) is 117 cm³/mol. The molecule has 0 radical (unpaired) electrons. The van der Waals surface area contributed by atoms with Gasteiger partial charge in [0.05, 0.1) is 11.4 Å². The number of hydrogen-bond donors (Lipinski definition) is 1. The fraction of sp³-hybridized carbons (Fsp3) is 0.150. The van der Waals surface area contributed by atoms with E-state index in [4.69, 9.17) is 0 Å². The molecule has 7 nitrogen and oxygen atoms in total. The highest BCUT2D eigenvalue weighted by atomic mass is 79.9. The Morgan fingerprint density at radius 2 is 1.86 bits per heavy atom. The maximum absolute atomic E-state index is 12.4. The highest BCUT2D eigenvalue weighted by molar-refractivity contribution is 9.10. The standard InChI is InChI=1S/C20H17BrN6OS/c1-11-5-4-6-16(12(11)2)27-13(3)17(24-26-27)18-22-20(29-25-18)23-19(28)14-7-9-15(21)10-8-14/h4-10H,1-3H3,(H,22,23,25,28). The van der Waals surface area contributed by atoms with Gasteiger partial charge in [-0.05, 0) is 62.2 Å². The van der Waals surface area contributed by atoms with Gasteiger partial charge in [-0.2, -0.15) is 9.36 Å². The van der Waals surface area contributed by atoms with Crippen molar-refractivity contribution in [1.82, 2.24) is 24.4 Å². The van der Waals surface area contributed by atoms with Crippen LogP contribution in [0.5, 0.6) is 0 Å². The monoisotopic (exact) mass is 468 g/mol. The maximum atomic E-state index is 12.4. The third-order valence-electron chi connectivity index (χ3n) is 4.66. The number of halogens is 1. The summed E-state index contributed by atoms with van der Waals surface area (Å²) >= 11 is 4.47. The summed E-state index contributed by atoms with van der Waals surface area (Å²) in [5.74, 6) is 0.200. The Hall–Kier alpha value is -2.91. The zero-order chi connectivity index (χ0) is 20.5. The molecule has 0 atom stereocenters. The molecule has 0 spiro atoms. The van der Waals surface area contributed by atoms with Gasteiger partial charge in [0.2, 0.25) is 5.13 Å². The molecule has 9 heteroatoms. The molecule has 0 aliphatic rings. The molecule has 0 unspecified atom stereocenters. The normalized spacial score (nSPS) is 10.9. The van der Waals surface area contributed by atoms with Gasteiger partial charge in [-0.15, -0.1) is 5.10 Å². The Morgan fingerprint density at radius 1 is 1.10 bits per heavy atom. The number of rotatable bonds is 4. The molecule has 2 aromatic heterocycles. The number of benzene rings is 2. The molecule has 0 bridgehead atoms. The van der Waals surface area contributed by atoms with Crippen molar-refractivity contribution in [1.29, 1.82) is 0 Å². The fourth-order valence-corrected chi connectivity index (χ4v) is 3.70. The van der Waals surface area contributed by atoms with Crippen molar-refractivity contribution in [3.05, 3.63) is 69.3 Å². The Kier molecular flexibility index (Phi) is 5.25. The molecular weight excluding hydrogens is 452 g/mol. The first kappa shape index (κ1) is 19.4. The van der Waals surface area contributed by atoms with Crippen molar-refractivity contribution >= 4 is 38.5 Å². The minimum Gasteiger partial charge on any atom is -0.297 e. The zero-order valence-electron chi connectivity index (χ0n) is 16.0. The molecule has 2 heterocycles. The number of aromatic nitrogens is 5. The van der Waals surface area contributed by atoms with E-state index in [1.807, 2.05) is 31.2 Å². The summed E-state index contributed by atoms with van der Waals surface area (Å²) in [6, 6.07) is 13.2. The SMILES string of the molecule is Cc1cccc(-n2nnc(-c3nsc(NC(=O)c4ccc(Br)cc4)n3)c2C)c1C. The van der Waals surface area contributed by atoms with Crippen molar-refractivity contribution in [2.75, 3.05) is 5.32 Å². The lowest BCUT2D eigenvalue weighted by Gasteiger charge is -2.09. The Labute approximate surface area is 180 Å². The van der Waals surface area contributed by atoms with Crippen LogP contribution in [0.1, 0.15) is 27.2 Å². The summed E-state index contributed by atoms with van der Waals surface area (Å²) in [5, 5.41) is 11.7. The number of amides is 1. The molecule has 4 rings (SSSR count). The van der Waals surface area contributed by atoms with Crippen LogP contribution in [0.15, 0.2) is 46.9 Å². The van der Waals surface area contributed by atoms with Crippen LogP contribution in [0.4, 0.5) is 5.13 Å². The smallest absolute Gasteiger partial charge is 0.257 e. The molecule has 1 N–H and O–H groups in total. The predicted octanol–water partition coefficient (Wildman–Crippen LogP) is 4.73. The quantitative estimate of drug-likeness (QED) is 0.467. The lowest BCUT2D eigenvalue weighted by molar-refractivity contribution is 0.102. The molecule has 0 saturated heterocycles. The van der Waals surface area contributed by atoms with E-state index in [1.165, 1.54) is 5.56 Å². The number of hydrogen-bond acceptors (Lipinski definition) is 6. The number of nitrogens with one attached hydrogen (secondary N) is 1. The first-order valence-corrected chi connectivity index (χ1v) is 10.4. The molecular formula is C20H17BrN6OS. The Bertz CT molecular complexity index is 1200. The van der Waals surface area contributed by atoms with Gasteiger partial charge in [0.1, 0.15) is 0 Å². The van der Waals surface area contributed by atoms with Crippen LogP contribution in [0, 0.1) is 20.8 Å². The first-order chi connectivity index (χ1) is 13.9. The first-order valence-electron chi connectivity index (χ1n) is 8.84. The minimum absolute atomic E-state index is 0.240. The van der Waals surface area contributed by atoms with Gasteiger partial charge in [-0.3, -0.25) is 10.1 Å². The summed E-state index contributed by atoms with van der Waals surface area (Å²) in [6.07, 6.45) is 0. The molecule has 0 aliphatic carbocycles. The summed E-state index contributed by atoms with van der Waals surface area (Å²) in [6.45, 7) is 6.05. The van der Waals surface area contributed by atoms with Gasteiger partial charge in [0, 0.05) is 21.6 Å². The van der Waals surface area contributed by atoms with Crippen LogP contribution in [0.3, 0.4) is 0 Å². The summed E-state index contributed by atoms with van der Waals surface area (Å²) in [4.78, 5) is 16.8. The lowest BCUT2D eigenvalue weighted by atomic mass is 10.1. The molecule has 1 amide bonds. The second-order valence-corrected chi connectivity index (χ2v) is 8.21. The summed E-state index contributed by atoms with van der Waals surface area (Å²) in [7, 11) is 0. The fourth-order valence-electron chi connectivity index (χ4n) is 2.87. The number of carbonyl (C=O) groups is 1. The number of carbonyl (C=O) groups excluding carboxylic acids is 1. The number of nitrogens with zero attached hydrogens (tertiary/aromatic N) is 5. The van der Waals surface area contributed by atoms with E-state index < -0.39 is 0 Å². The van der Waals surface area contributed by atoms with Gasteiger partial charge in [0.25, 0.3) is 5.91 Å². The topological polar surface area (TPSA) is 85.6 Å². The van der Waals surface area contributed by atoms with Gasteiger partial charge in [-0.25, -0.2) is 4.68 Å². The summed E-state index contributed by atoms with van der Waals surface area (Å²) < 4.78 is 7.05. The van der Waals surface area contributed by atoms with Crippen LogP contribution in [-0.2, 0) is 0 Å². The molecule has 0 fully saturated rings. The second kappa shape index (κ2) is 7.84. The Balaban J connectivity index is 1.59. The van der Waals surface area contributed by atoms with Crippen LogP contribution in [0.2, 0.25) is 0 Å². The van der Waals surface area contributed by atoms with E-state index in [2.05, 4.69) is 60.8 Å². The van der Waals surface area contributed by atoms with Crippen LogP contribution in [0.25, 0.3) is 17.2 Å². The van der Waals surface area contributed by atoms with E-state index in [9.17, 15) is 4.79 Å². The molecule has 29 heavy (non-hydrogen) atoms. The zero-order valence-corrected chi connectivity index (χ0v) is 18.4. The number of anilines is 1.